The van der Waals surface area contributed by atoms with E-state index in [9.17, 15) is 14.9 Å². The molecule has 0 saturated heterocycles. The number of nitriles is 1. The molecule has 0 aromatic carbocycles. The fourth-order valence-corrected chi connectivity index (χ4v) is 3.81. The summed E-state index contributed by atoms with van der Waals surface area (Å²) in [5.74, 6) is -0.237. The molecule has 0 spiro atoms. The van der Waals surface area contributed by atoms with Gasteiger partial charge in [0, 0.05) is 36.9 Å². The molecule has 1 aromatic heterocycles. The SMILES string of the molecule is CCCn1c(C)cc(C=C(C#N)C(=O)NC2CCC(C(=O)NC)CC2)c1C. The van der Waals surface area contributed by atoms with E-state index in [-0.39, 0.29) is 29.3 Å². The zero-order valence-corrected chi connectivity index (χ0v) is 16.8. The van der Waals surface area contributed by atoms with Gasteiger partial charge in [0.25, 0.3) is 5.91 Å². The van der Waals surface area contributed by atoms with Crippen molar-refractivity contribution in [3.63, 3.8) is 0 Å². The van der Waals surface area contributed by atoms with Crippen LogP contribution in [0.2, 0.25) is 0 Å². The monoisotopic (exact) mass is 370 g/mol. The summed E-state index contributed by atoms with van der Waals surface area (Å²) < 4.78 is 2.21. The fourth-order valence-electron chi connectivity index (χ4n) is 3.81. The van der Waals surface area contributed by atoms with E-state index in [4.69, 9.17) is 0 Å². The summed E-state index contributed by atoms with van der Waals surface area (Å²) in [7, 11) is 1.65. The van der Waals surface area contributed by atoms with E-state index < -0.39 is 0 Å². The summed E-state index contributed by atoms with van der Waals surface area (Å²) in [4.78, 5) is 24.3. The van der Waals surface area contributed by atoms with E-state index in [1.807, 2.05) is 26.0 Å². The van der Waals surface area contributed by atoms with E-state index in [2.05, 4.69) is 22.1 Å². The Morgan fingerprint density at radius 1 is 1.30 bits per heavy atom. The maximum absolute atomic E-state index is 12.6. The number of hydrogen-bond donors (Lipinski definition) is 2. The van der Waals surface area contributed by atoms with Gasteiger partial charge in [0.2, 0.25) is 5.91 Å². The average molecular weight is 370 g/mol. The van der Waals surface area contributed by atoms with Gasteiger partial charge in [-0.05, 0) is 63.7 Å². The molecule has 2 N–H and O–H groups in total. The molecule has 6 nitrogen and oxygen atoms in total. The lowest BCUT2D eigenvalue weighted by molar-refractivity contribution is -0.125. The first kappa shape index (κ1) is 20.8. The minimum Gasteiger partial charge on any atom is -0.359 e. The van der Waals surface area contributed by atoms with Crippen molar-refractivity contribution in [3.8, 4) is 6.07 Å². The highest BCUT2D eigenvalue weighted by Gasteiger charge is 2.27. The van der Waals surface area contributed by atoms with Gasteiger partial charge >= 0.3 is 0 Å². The summed E-state index contributed by atoms with van der Waals surface area (Å²) >= 11 is 0. The second-order valence-corrected chi connectivity index (χ2v) is 7.28. The second kappa shape index (κ2) is 9.40. The Kier molecular flexibility index (Phi) is 7.23. The molecule has 1 aromatic rings. The first-order chi connectivity index (χ1) is 12.9. The summed E-state index contributed by atoms with van der Waals surface area (Å²) in [5, 5.41) is 15.1. The van der Waals surface area contributed by atoms with Gasteiger partial charge in [-0.2, -0.15) is 5.26 Å². The van der Waals surface area contributed by atoms with E-state index in [0.29, 0.717) is 0 Å². The number of amides is 2. The molecule has 0 atom stereocenters. The van der Waals surface area contributed by atoms with Gasteiger partial charge in [0.1, 0.15) is 11.6 Å². The molecule has 1 aliphatic carbocycles. The van der Waals surface area contributed by atoms with Crippen molar-refractivity contribution < 1.29 is 9.59 Å². The van der Waals surface area contributed by atoms with Crippen LogP contribution in [0.1, 0.15) is 56.0 Å². The third-order valence-electron chi connectivity index (χ3n) is 5.40. The van der Waals surface area contributed by atoms with Crippen molar-refractivity contribution in [2.75, 3.05) is 7.05 Å². The minimum absolute atomic E-state index is 0.0164. The maximum atomic E-state index is 12.6. The smallest absolute Gasteiger partial charge is 0.262 e. The number of rotatable bonds is 6. The highest BCUT2D eigenvalue weighted by Crippen LogP contribution is 2.25. The molecule has 6 heteroatoms. The van der Waals surface area contributed by atoms with Gasteiger partial charge in [-0.25, -0.2) is 0 Å². The number of nitrogens with one attached hydrogen (secondary N) is 2. The Morgan fingerprint density at radius 3 is 2.52 bits per heavy atom. The quantitative estimate of drug-likeness (QED) is 0.596. The van der Waals surface area contributed by atoms with Crippen LogP contribution >= 0.6 is 0 Å². The zero-order chi connectivity index (χ0) is 20.0. The van der Waals surface area contributed by atoms with Crippen LogP contribution in [0.15, 0.2) is 11.6 Å². The lowest BCUT2D eigenvalue weighted by Crippen LogP contribution is -2.40. The second-order valence-electron chi connectivity index (χ2n) is 7.28. The van der Waals surface area contributed by atoms with Crippen molar-refractivity contribution in [2.24, 2.45) is 5.92 Å². The highest BCUT2D eigenvalue weighted by molar-refractivity contribution is 6.02. The van der Waals surface area contributed by atoms with Crippen LogP contribution in [-0.4, -0.2) is 29.5 Å². The van der Waals surface area contributed by atoms with E-state index in [1.165, 1.54) is 0 Å². The van der Waals surface area contributed by atoms with Gasteiger partial charge in [-0.15, -0.1) is 0 Å². The van der Waals surface area contributed by atoms with Crippen molar-refractivity contribution >= 4 is 17.9 Å². The van der Waals surface area contributed by atoms with Crippen LogP contribution in [-0.2, 0) is 16.1 Å². The Labute approximate surface area is 161 Å². The fraction of sp³-hybridized carbons (Fsp3) is 0.571. The maximum Gasteiger partial charge on any atom is 0.262 e. The van der Waals surface area contributed by atoms with Crippen molar-refractivity contribution in [1.29, 1.82) is 5.26 Å². The molecular formula is C21H30N4O2. The van der Waals surface area contributed by atoms with Gasteiger partial charge in [0.05, 0.1) is 0 Å². The molecule has 0 bridgehead atoms. The number of aromatic nitrogens is 1. The largest absolute Gasteiger partial charge is 0.359 e. The molecule has 0 aliphatic heterocycles. The molecule has 1 fully saturated rings. The predicted octanol–water partition coefficient (Wildman–Crippen LogP) is 2.84. The Balaban J connectivity index is 2.05. The summed E-state index contributed by atoms with van der Waals surface area (Å²) in [5.41, 5.74) is 3.24. The molecule has 1 saturated carbocycles. The first-order valence-corrected chi connectivity index (χ1v) is 9.72. The van der Waals surface area contributed by atoms with Crippen molar-refractivity contribution in [2.45, 2.75) is 65.5 Å². The topological polar surface area (TPSA) is 86.9 Å². The summed E-state index contributed by atoms with van der Waals surface area (Å²) in [6, 6.07) is 4.07. The van der Waals surface area contributed by atoms with Gasteiger partial charge < -0.3 is 15.2 Å². The number of carbonyl (C=O) groups excluding carboxylic acids is 2. The Bertz CT molecular complexity index is 762. The minimum atomic E-state index is -0.332. The van der Waals surface area contributed by atoms with Crippen molar-refractivity contribution in [1.82, 2.24) is 15.2 Å². The number of hydrogen-bond acceptors (Lipinski definition) is 3. The molecule has 1 heterocycles. The molecule has 27 heavy (non-hydrogen) atoms. The van der Waals surface area contributed by atoms with Crippen LogP contribution in [0.4, 0.5) is 0 Å². The molecule has 0 radical (unpaired) electrons. The predicted molar refractivity (Wildman–Crippen MR) is 106 cm³/mol. The van der Waals surface area contributed by atoms with Crippen LogP contribution in [0.25, 0.3) is 6.08 Å². The molecule has 146 valence electrons. The Hall–Kier alpha value is -2.55. The Morgan fingerprint density at radius 2 is 1.96 bits per heavy atom. The van der Waals surface area contributed by atoms with Gasteiger partial charge in [-0.3, -0.25) is 9.59 Å². The third-order valence-corrected chi connectivity index (χ3v) is 5.40. The van der Waals surface area contributed by atoms with E-state index in [1.54, 1.807) is 13.1 Å². The van der Waals surface area contributed by atoms with Crippen LogP contribution in [0.5, 0.6) is 0 Å². The van der Waals surface area contributed by atoms with E-state index in [0.717, 1.165) is 55.6 Å². The molecule has 2 rings (SSSR count). The first-order valence-electron chi connectivity index (χ1n) is 9.72. The number of carbonyl (C=O) groups is 2. The van der Waals surface area contributed by atoms with E-state index >= 15 is 0 Å². The average Bonchev–Trinajstić information content (AvgIpc) is 2.93. The third kappa shape index (κ3) is 5.00. The number of aryl methyl sites for hydroxylation is 1. The normalized spacial score (nSPS) is 20.0. The number of nitrogens with zero attached hydrogens (tertiary/aromatic N) is 2. The molecule has 0 unspecified atom stereocenters. The lowest BCUT2D eigenvalue weighted by Gasteiger charge is -2.27. The van der Waals surface area contributed by atoms with Crippen LogP contribution in [0, 0.1) is 31.1 Å². The molecule has 1 aliphatic rings. The van der Waals surface area contributed by atoms with Crippen LogP contribution in [0.3, 0.4) is 0 Å². The standard InChI is InChI=1S/C21H30N4O2/c1-5-10-25-14(2)11-17(15(25)3)12-18(13-22)21(27)24-19-8-6-16(7-9-19)20(26)23-4/h11-12,16,19H,5-10H2,1-4H3,(H,23,26)(H,24,27). The van der Waals surface area contributed by atoms with Gasteiger partial charge in [0.15, 0.2) is 0 Å². The van der Waals surface area contributed by atoms with Crippen molar-refractivity contribution in [3.05, 3.63) is 28.6 Å². The summed E-state index contributed by atoms with van der Waals surface area (Å²) in [6.45, 7) is 7.11. The van der Waals surface area contributed by atoms with Gasteiger partial charge in [-0.1, -0.05) is 6.92 Å². The lowest BCUT2D eigenvalue weighted by atomic mass is 9.85. The molecule has 2 amide bonds. The molecular weight excluding hydrogens is 340 g/mol. The zero-order valence-electron chi connectivity index (χ0n) is 16.8. The van der Waals surface area contributed by atoms with Crippen LogP contribution < -0.4 is 10.6 Å². The highest BCUT2D eigenvalue weighted by atomic mass is 16.2. The summed E-state index contributed by atoms with van der Waals surface area (Å²) in [6.07, 6.45) is 5.74.